The SMILES string of the molecule is COc1cc(OC)cc(C(=O)NC(C(=O)Nc2nc(C)c(-c3ccccc3)s2)C(C)C)c1. The Morgan fingerprint density at radius 1 is 1.00 bits per heavy atom. The molecule has 0 aliphatic carbocycles. The number of aryl methyl sites for hydroxylation is 1. The van der Waals surface area contributed by atoms with Crippen molar-refractivity contribution in [1.29, 1.82) is 0 Å². The van der Waals surface area contributed by atoms with Gasteiger partial charge in [-0.15, -0.1) is 0 Å². The summed E-state index contributed by atoms with van der Waals surface area (Å²) in [6.45, 7) is 5.66. The first kappa shape index (κ1) is 23.3. The van der Waals surface area contributed by atoms with Gasteiger partial charge >= 0.3 is 0 Å². The summed E-state index contributed by atoms with van der Waals surface area (Å²) in [5.74, 6) is 0.132. The average molecular weight is 454 g/mol. The van der Waals surface area contributed by atoms with Gasteiger partial charge in [-0.25, -0.2) is 4.98 Å². The molecule has 1 aromatic heterocycles. The summed E-state index contributed by atoms with van der Waals surface area (Å²) in [6, 6.07) is 14.0. The third-order valence-electron chi connectivity index (χ3n) is 4.91. The minimum absolute atomic E-state index is 0.138. The molecule has 2 amide bonds. The van der Waals surface area contributed by atoms with Crippen LogP contribution in [0, 0.1) is 12.8 Å². The molecule has 2 aromatic carbocycles. The Morgan fingerprint density at radius 2 is 1.62 bits per heavy atom. The summed E-state index contributed by atoms with van der Waals surface area (Å²) >= 11 is 1.41. The molecule has 0 radical (unpaired) electrons. The number of methoxy groups -OCH3 is 2. The Labute approximate surface area is 191 Å². The number of hydrogen-bond donors (Lipinski definition) is 2. The van der Waals surface area contributed by atoms with Crippen LogP contribution in [0.2, 0.25) is 0 Å². The van der Waals surface area contributed by atoms with Gasteiger partial charge < -0.3 is 20.1 Å². The second kappa shape index (κ2) is 10.3. The highest BCUT2D eigenvalue weighted by molar-refractivity contribution is 7.19. The van der Waals surface area contributed by atoms with E-state index in [-0.39, 0.29) is 11.8 Å². The van der Waals surface area contributed by atoms with Crippen molar-refractivity contribution in [3.8, 4) is 21.9 Å². The predicted octanol–water partition coefficient (Wildman–Crippen LogP) is 4.53. The molecule has 2 N–H and O–H groups in total. The number of hydrogen-bond acceptors (Lipinski definition) is 6. The minimum atomic E-state index is -0.746. The molecule has 0 aliphatic rings. The van der Waals surface area contributed by atoms with Crippen molar-refractivity contribution >= 4 is 28.3 Å². The molecule has 32 heavy (non-hydrogen) atoms. The standard InChI is InChI=1S/C24H27N3O4S/c1-14(2)20(26-22(28)17-11-18(30-4)13-19(12-17)31-5)23(29)27-24-25-15(3)21(32-24)16-9-7-6-8-10-16/h6-14,20H,1-5H3,(H,26,28)(H,25,27,29). The quantitative estimate of drug-likeness (QED) is 0.523. The van der Waals surface area contributed by atoms with E-state index >= 15 is 0 Å². The van der Waals surface area contributed by atoms with Gasteiger partial charge in [-0.05, 0) is 30.5 Å². The van der Waals surface area contributed by atoms with E-state index in [1.165, 1.54) is 25.6 Å². The third-order valence-corrected chi connectivity index (χ3v) is 6.03. The summed E-state index contributed by atoms with van der Waals surface area (Å²) in [5, 5.41) is 6.18. The van der Waals surface area contributed by atoms with Crippen molar-refractivity contribution in [3.05, 3.63) is 59.8 Å². The van der Waals surface area contributed by atoms with E-state index in [0.717, 1.165) is 16.1 Å². The van der Waals surface area contributed by atoms with E-state index in [1.54, 1.807) is 18.2 Å². The molecule has 0 aliphatic heterocycles. The second-order valence-corrected chi connectivity index (χ2v) is 8.58. The summed E-state index contributed by atoms with van der Waals surface area (Å²) in [6.07, 6.45) is 0. The first-order valence-corrected chi connectivity index (χ1v) is 11.0. The van der Waals surface area contributed by atoms with E-state index in [2.05, 4.69) is 15.6 Å². The number of ether oxygens (including phenoxy) is 2. The monoisotopic (exact) mass is 453 g/mol. The Kier molecular flexibility index (Phi) is 7.48. The van der Waals surface area contributed by atoms with Crippen LogP contribution in [0.5, 0.6) is 11.5 Å². The molecule has 0 fully saturated rings. The van der Waals surface area contributed by atoms with E-state index in [4.69, 9.17) is 9.47 Å². The minimum Gasteiger partial charge on any atom is -0.497 e. The highest BCUT2D eigenvalue weighted by Gasteiger charge is 2.26. The number of amides is 2. The first-order chi connectivity index (χ1) is 15.3. The van der Waals surface area contributed by atoms with Crippen LogP contribution in [-0.2, 0) is 4.79 Å². The second-order valence-electron chi connectivity index (χ2n) is 7.59. The maximum Gasteiger partial charge on any atom is 0.252 e. The summed E-state index contributed by atoms with van der Waals surface area (Å²) in [4.78, 5) is 31.4. The van der Waals surface area contributed by atoms with Crippen LogP contribution in [0.1, 0.15) is 29.9 Å². The van der Waals surface area contributed by atoms with E-state index in [1.807, 2.05) is 51.1 Å². The zero-order valence-corrected chi connectivity index (χ0v) is 19.6. The predicted molar refractivity (Wildman–Crippen MR) is 127 cm³/mol. The molecular weight excluding hydrogens is 426 g/mol. The van der Waals surface area contributed by atoms with Gasteiger partial charge in [0.15, 0.2) is 5.13 Å². The lowest BCUT2D eigenvalue weighted by molar-refractivity contribution is -0.118. The first-order valence-electron chi connectivity index (χ1n) is 10.2. The van der Waals surface area contributed by atoms with Gasteiger partial charge in [0.05, 0.1) is 24.8 Å². The average Bonchev–Trinajstić information content (AvgIpc) is 3.16. The lowest BCUT2D eigenvalue weighted by Crippen LogP contribution is -2.47. The summed E-state index contributed by atoms with van der Waals surface area (Å²) in [5.41, 5.74) is 2.23. The van der Waals surface area contributed by atoms with Crippen LogP contribution in [0.15, 0.2) is 48.5 Å². The molecule has 0 spiro atoms. The number of benzene rings is 2. The van der Waals surface area contributed by atoms with Crippen LogP contribution in [0.25, 0.3) is 10.4 Å². The van der Waals surface area contributed by atoms with Gasteiger partial charge in [0.1, 0.15) is 17.5 Å². The smallest absolute Gasteiger partial charge is 0.252 e. The normalized spacial score (nSPS) is 11.7. The molecule has 7 nitrogen and oxygen atoms in total. The van der Waals surface area contributed by atoms with Crippen LogP contribution in [0.4, 0.5) is 5.13 Å². The van der Waals surface area contributed by atoms with Gasteiger partial charge in [-0.1, -0.05) is 55.5 Å². The third kappa shape index (κ3) is 5.45. The molecule has 0 saturated carbocycles. The van der Waals surface area contributed by atoms with Gasteiger partial charge in [0.25, 0.3) is 5.91 Å². The number of nitrogens with zero attached hydrogens (tertiary/aromatic N) is 1. The van der Waals surface area contributed by atoms with Crippen LogP contribution in [-0.4, -0.2) is 37.1 Å². The van der Waals surface area contributed by atoms with Crippen molar-refractivity contribution in [2.24, 2.45) is 5.92 Å². The lowest BCUT2D eigenvalue weighted by atomic mass is 10.0. The lowest BCUT2D eigenvalue weighted by Gasteiger charge is -2.21. The molecule has 3 aromatic rings. The van der Waals surface area contributed by atoms with E-state index in [9.17, 15) is 9.59 Å². The van der Waals surface area contributed by atoms with Crippen molar-refractivity contribution in [2.75, 3.05) is 19.5 Å². The number of nitrogens with one attached hydrogen (secondary N) is 2. The fourth-order valence-electron chi connectivity index (χ4n) is 3.19. The molecular formula is C24H27N3O4S. The highest BCUT2D eigenvalue weighted by atomic mass is 32.1. The van der Waals surface area contributed by atoms with Gasteiger partial charge in [-0.3, -0.25) is 9.59 Å². The van der Waals surface area contributed by atoms with Crippen molar-refractivity contribution in [1.82, 2.24) is 10.3 Å². The molecule has 0 saturated heterocycles. The molecule has 0 bridgehead atoms. The highest BCUT2D eigenvalue weighted by Crippen LogP contribution is 2.32. The van der Waals surface area contributed by atoms with Gasteiger partial charge in [0.2, 0.25) is 5.91 Å². The Morgan fingerprint density at radius 3 is 2.19 bits per heavy atom. The molecule has 1 atom stereocenters. The van der Waals surface area contributed by atoms with Crippen molar-refractivity contribution in [3.63, 3.8) is 0 Å². The van der Waals surface area contributed by atoms with Crippen molar-refractivity contribution in [2.45, 2.75) is 26.8 Å². The Bertz CT molecular complexity index is 1070. The zero-order chi connectivity index (χ0) is 23.3. The number of rotatable bonds is 8. The maximum absolute atomic E-state index is 13.0. The Hall–Kier alpha value is -3.39. The van der Waals surface area contributed by atoms with E-state index < -0.39 is 11.9 Å². The number of thiazole rings is 1. The van der Waals surface area contributed by atoms with Crippen LogP contribution < -0.4 is 20.1 Å². The largest absolute Gasteiger partial charge is 0.497 e. The molecule has 1 heterocycles. The number of anilines is 1. The molecule has 168 valence electrons. The topological polar surface area (TPSA) is 89.5 Å². The molecule has 3 rings (SSSR count). The van der Waals surface area contributed by atoms with Crippen molar-refractivity contribution < 1.29 is 19.1 Å². The maximum atomic E-state index is 13.0. The fourth-order valence-corrected chi connectivity index (χ4v) is 4.16. The van der Waals surface area contributed by atoms with Crippen LogP contribution >= 0.6 is 11.3 Å². The van der Waals surface area contributed by atoms with Gasteiger partial charge in [-0.2, -0.15) is 0 Å². The Balaban J connectivity index is 1.76. The number of carbonyl (C=O) groups is 2. The number of aromatic nitrogens is 1. The van der Waals surface area contributed by atoms with E-state index in [0.29, 0.717) is 22.2 Å². The summed E-state index contributed by atoms with van der Waals surface area (Å²) in [7, 11) is 3.03. The van der Waals surface area contributed by atoms with Gasteiger partial charge in [0, 0.05) is 11.6 Å². The summed E-state index contributed by atoms with van der Waals surface area (Å²) < 4.78 is 10.5. The zero-order valence-electron chi connectivity index (χ0n) is 18.8. The molecule has 1 unspecified atom stereocenters. The fraction of sp³-hybridized carbons (Fsp3) is 0.292. The van der Waals surface area contributed by atoms with Crippen LogP contribution in [0.3, 0.4) is 0 Å². The number of carbonyl (C=O) groups excluding carboxylic acids is 2. The molecule has 8 heteroatoms.